The summed E-state index contributed by atoms with van der Waals surface area (Å²) in [7, 11) is 0. The lowest BCUT2D eigenvalue weighted by Gasteiger charge is -2.32. The summed E-state index contributed by atoms with van der Waals surface area (Å²) >= 11 is 1.58. The molecule has 2 aromatic rings. The second-order valence-electron chi connectivity index (χ2n) is 6.58. The van der Waals surface area contributed by atoms with Gasteiger partial charge < -0.3 is 0 Å². The Morgan fingerprint density at radius 1 is 1.14 bits per heavy atom. The first-order valence-electron chi connectivity index (χ1n) is 9.48. The average molecular weight is 391 g/mol. The molecule has 1 amide bonds. The van der Waals surface area contributed by atoms with Crippen molar-refractivity contribution in [3.05, 3.63) is 76.8 Å². The van der Waals surface area contributed by atoms with Crippen LogP contribution in [0.2, 0.25) is 0 Å². The Labute approximate surface area is 168 Å². The van der Waals surface area contributed by atoms with E-state index in [9.17, 15) is 4.79 Å². The molecule has 2 aliphatic rings. The van der Waals surface area contributed by atoms with E-state index in [1.165, 1.54) is 0 Å². The second kappa shape index (κ2) is 8.44. The molecule has 0 aromatic heterocycles. The molecule has 2 heterocycles. The van der Waals surface area contributed by atoms with Crippen LogP contribution in [-0.4, -0.2) is 28.0 Å². The fourth-order valence-electron chi connectivity index (χ4n) is 3.12. The van der Waals surface area contributed by atoms with E-state index < -0.39 is 0 Å². The number of hydrazone groups is 1. The zero-order valence-corrected chi connectivity index (χ0v) is 16.5. The number of rotatable bonds is 5. The number of amides is 1. The molecule has 0 saturated heterocycles. The van der Waals surface area contributed by atoms with Gasteiger partial charge in [0.1, 0.15) is 5.70 Å². The van der Waals surface area contributed by atoms with Crippen LogP contribution >= 0.6 is 11.8 Å². The molecule has 6 heteroatoms. The lowest BCUT2D eigenvalue weighted by Crippen LogP contribution is -2.52. The van der Waals surface area contributed by atoms with E-state index in [4.69, 9.17) is 10.1 Å². The van der Waals surface area contributed by atoms with Crippen LogP contribution in [-0.2, 0) is 4.79 Å². The summed E-state index contributed by atoms with van der Waals surface area (Å²) in [6, 6.07) is 17.8. The molecule has 5 nitrogen and oxygen atoms in total. The van der Waals surface area contributed by atoms with Gasteiger partial charge in [-0.2, -0.15) is 0 Å². The van der Waals surface area contributed by atoms with Crippen LogP contribution in [0, 0.1) is 0 Å². The van der Waals surface area contributed by atoms with E-state index in [1.54, 1.807) is 16.8 Å². The highest BCUT2D eigenvalue weighted by Crippen LogP contribution is 2.22. The lowest BCUT2D eigenvalue weighted by molar-refractivity contribution is -0.116. The smallest absolute Gasteiger partial charge is 0.276 e. The molecule has 0 radical (unpaired) electrons. The summed E-state index contributed by atoms with van der Waals surface area (Å²) in [5, 5.41) is 11.7. The Kier molecular flexibility index (Phi) is 5.58. The maximum atomic E-state index is 12.9. The fourth-order valence-corrected chi connectivity index (χ4v) is 4.05. The van der Waals surface area contributed by atoms with Gasteiger partial charge in [0.05, 0.1) is 5.36 Å². The summed E-state index contributed by atoms with van der Waals surface area (Å²) in [6.07, 6.45) is 5.84. The van der Waals surface area contributed by atoms with Crippen molar-refractivity contribution in [1.82, 2.24) is 10.3 Å². The van der Waals surface area contributed by atoms with E-state index in [0.717, 1.165) is 34.7 Å². The molecular formula is C22H22N4OS. The quantitative estimate of drug-likeness (QED) is 0.799. The van der Waals surface area contributed by atoms with Crippen LogP contribution in [0.5, 0.6) is 0 Å². The third-order valence-corrected chi connectivity index (χ3v) is 5.49. The molecule has 28 heavy (non-hydrogen) atoms. The number of fused-ring (bicyclic) bond motifs is 2. The van der Waals surface area contributed by atoms with Crippen molar-refractivity contribution in [1.29, 1.82) is 0 Å². The Morgan fingerprint density at radius 2 is 1.93 bits per heavy atom. The molecule has 0 unspecified atom stereocenters. The standard InChI is InChI=1S/C22H22N4OS/c1-2-3-15-28-22-24-21(27)20-17-11-7-8-12-18(17)23-19(26(20)25-22)14-13-16-9-5-4-6-10-16/h4-14,19H,2-3,15H2,1H3,(H,24,25,27)/b14-13+/t19-/m1/s1. The molecule has 2 aliphatic heterocycles. The number of carbonyl (C=O) groups excluding carboxylic acids is 1. The molecule has 0 fully saturated rings. The number of nitrogens with one attached hydrogen (secondary N) is 1. The summed E-state index contributed by atoms with van der Waals surface area (Å²) in [4.78, 5) is 17.7. The average Bonchev–Trinajstić information content (AvgIpc) is 2.73. The first-order chi connectivity index (χ1) is 13.8. The number of amidine groups is 1. The van der Waals surface area contributed by atoms with Crippen molar-refractivity contribution in [3.8, 4) is 0 Å². The van der Waals surface area contributed by atoms with E-state index in [-0.39, 0.29) is 12.1 Å². The van der Waals surface area contributed by atoms with E-state index >= 15 is 0 Å². The predicted octanol–water partition coefficient (Wildman–Crippen LogP) is 2.70. The Bertz CT molecular complexity index is 1050. The monoisotopic (exact) mass is 390 g/mol. The Morgan fingerprint density at radius 3 is 2.75 bits per heavy atom. The highest BCUT2D eigenvalue weighted by molar-refractivity contribution is 8.13. The zero-order valence-electron chi connectivity index (χ0n) is 15.7. The van der Waals surface area contributed by atoms with Crippen molar-refractivity contribution in [3.63, 3.8) is 0 Å². The maximum Gasteiger partial charge on any atom is 0.276 e. The molecule has 0 spiro atoms. The molecular weight excluding hydrogens is 368 g/mol. The molecule has 1 atom stereocenters. The first-order valence-corrected chi connectivity index (χ1v) is 10.5. The number of para-hydroxylation sites is 1. The van der Waals surface area contributed by atoms with Gasteiger partial charge in [0.15, 0.2) is 11.3 Å². The van der Waals surface area contributed by atoms with Gasteiger partial charge in [-0.1, -0.05) is 79.7 Å². The summed E-state index contributed by atoms with van der Waals surface area (Å²) in [6.45, 7) is 2.15. The van der Waals surface area contributed by atoms with E-state index in [1.807, 2.05) is 66.7 Å². The molecule has 1 N–H and O–H groups in total. The van der Waals surface area contributed by atoms with E-state index in [2.05, 4.69) is 12.2 Å². The van der Waals surface area contributed by atoms with Gasteiger partial charge in [0, 0.05) is 11.0 Å². The van der Waals surface area contributed by atoms with Crippen molar-refractivity contribution in [2.75, 3.05) is 5.75 Å². The normalized spacial score (nSPS) is 18.2. The number of nitrogens with zero attached hydrogens (tertiary/aromatic N) is 3. The predicted molar refractivity (Wildman–Crippen MR) is 115 cm³/mol. The molecule has 4 rings (SSSR count). The van der Waals surface area contributed by atoms with Gasteiger partial charge >= 0.3 is 0 Å². The number of unbranched alkanes of at least 4 members (excludes halogenated alkanes) is 1. The van der Waals surface area contributed by atoms with Gasteiger partial charge in [-0.15, -0.1) is 5.10 Å². The van der Waals surface area contributed by atoms with Crippen LogP contribution in [0.4, 0.5) is 0 Å². The lowest BCUT2D eigenvalue weighted by atomic mass is 10.1. The zero-order chi connectivity index (χ0) is 19.3. The Balaban J connectivity index is 1.74. The minimum absolute atomic E-state index is 0.130. The third kappa shape index (κ3) is 3.87. The summed E-state index contributed by atoms with van der Waals surface area (Å²) in [5.74, 6) is 0.797. The van der Waals surface area contributed by atoms with Crippen LogP contribution < -0.4 is 15.9 Å². The van der Waals surface area contributed by atoms with Gasteiger partial charge in [-0.05, 0) is 24.1 Å². The fraction of sp³-hybridized carbons (Fsp3) is 0.227. The van der Waals surface area contributed by atoms with Gasteiger partial charge in [0.2, 0.25) is 0 Å². The SMILES string of the molecule is CCCCSC1=NN2C(=c3ccccc3=N[C@H]2/C=C/c2ccccc2)C(=O)N1. The topological polar surface area (TPSA) is 57.1 Å². The molecule has 0 bridgehead atoms. The number of carbonyl (C=O) groups is 1. The second-order valence-corrected chi connectivity index (χ2v) is 7.67. The highest BCUT2D eigenvalue weighted by atomic mass is 32.2. The van der Waals surface area contributed by atoms with Crippen LogP contribution in [0.15, 0.2) is 70.8 Å². The largest absolute Gasteiger partial charge is 0.298 e. The van der Waals surface area contributed by atoms with Crippen molar-refractivity contribution in [2.24, 2.45) is 10.1 Å². The number of hydrogen-bond donors (Lipinski definition) is 1. The molecule has 142 valence electrons. The molecule has 0 saturated carbocycles. The van der Waals surface area contributed by atoms with Crippen molar-refractivity contribution < 1.29 is 4.79 Å². The third-order valence-electron chi connectivity index (χ3n) is 4.54. The summed E-state index contributed by atoms with van der Waals surface area (Å²) in [5.41, 5.74) is 1.63. The van der Waals surface area contributed by atoms with E-state index in [0.29, 0.717) is 10.9 Å². The van der Waals surface area contributed by atoms with Gasteiger partial charge in [-0.3, -0.25) is 15.1 Å². The molecule has 0 aliphatic carbocycles. The van der Waals surface area contributed by atoms with Gasteiger partial charge in [0.25, 0.3) is 5.91 Å². The minimum Gasteiger partial charge on any atom is -0.298 e. The minimum atomic E-state index is -0.363. The number of hydrogen-bond acceptors (Lipinski definition) is 5. The Hall–Kier alpha value is -2.86. The first kappa shape index (κ1) is 18.5. The van der Waals surface area contributed by atoms with Crippen molar-refractivity contribution >= 4 is 34.6 Å². The number of benzene rings is 2. The van der Waals surface area contributed by atoms with Crippen LogP contribution in [0.1, 0.15) is 25.3 Å². The van der Waals surface area contributed by atoms with Gasteiger partial charge in [-0.25, -0.2) is 5.01 Å². The van der Waals surface area contributed by atoms with Crippen molar-refractivity contribution in [2.45, 2.75) is 25.9 Å². The molecule has 2 aromatic carbocycles. The van der Waals surface area contributed by atoms with Crippen LogP contribution in [0.25, 0.3) is 11.8 Å². The maximum absolute atomic E-state index is 12.9. The number of thioether (sulfide) groups is 1. The summed E-state index contributed by atoms with van der Waals surface area (Å²) < 4.78 is 0. The highest BCUT2D eigenvalue weighted by Gasteiger charge is 2.32. The van der Waals surface area contributed by atoms with Crippen LogP contribution in [0.3, 0.4) is 0 Å².